The molecule has 6 aromatic rings. The number of aryl methyl sites for hydroxylation is 1. The number of cyclic esters (lactones) is 1. The average molecular weight is 1720 g/mol. The summed E-state index contributed by atoms with van der Waals surface area (Å²) in [6.07, 6.45) is 7.12. The van der Waals surface area contributed by atoms with E-state index in [1.54, 1.807) is 54.5 Å². The molecule has 1 aliphatic heterocycles. The molecule has 2 heterocycles. The van der Waals surface area contributed by atoms with Crippen LogP contribution in [-0.4, -0.2) is 94.8 Å². The molecule has 0 amide bonds. The SMILES string of the molecule is CCC(C)(C)C(=O)OC(C)(C)C12CC3CC(CC(C3)C1)C2.CCC(C)(C)C(=O)OC12CC3CC(C1)CC(C(=O)OC(CS(=O)(=O)[O-])C(F)(F)F)(C3)C2.CCC(C)(C)C(=O)OC1=C(C)C(C)OC1=O.CCC(C)(C)C(=O)Oc1cc(C)c(O)c(C)c1C.CCC(C)c1ccc(OC(C)(C)CC)cc1.c1ccc(-[s+]2c3ccccc3c3ccccc32)cc1. The molecule has 17 nitrogen and oxygen atoms in total. The third-order valence-electron chi connectivity index (χ3n) is 27.8. The molecule has 121 heavy (non-hydrogen) atoms. The molecule has 1 N–H and O–H groups in total. The molecule has 0 spiro atoms. The summed E-state index contributed by atoms with van der Waals surface area (Å²) in [6.45, 7) is 46.8. The van der Waals surface area contributed by atoms with Crippen molar-refractivity contribution in [3.63, 3.8) is 0 Å². The van der Waals surface area contributed by atoms with Crippen molar-refractivity contribution in [1.82, 2.24) is 0 Å². The molecular formula is C99H137F3O17S2. The Hall–Kier alpha value is -7.82. The number of ether oxygens (including phenoxy) is 7. The molecule has 15 rings (SSSR count). The van der Waals surface area contributed by atoms with Gasteiger partial charge in [-0.3, -0.25) is 24.0 Å². The Morgan fingerprint density at radius 1 is 0.587 bits per heavy atom. The highest BCUT2D eigenvalue weighted by Gasteiger charge is 2.65. The maximum Gasteiger partial charge on any atom is 0.426 e. The Morgan fingerprint density at radius 2 is 1.04 bits per heavy atom. The maximum absolute atomic E-state index is 13.3. The molecule has 1 aromatic heterocycles. The minimum Gasteiger partial charge on any atom is -0.748 e. The van der Waals surface area contributed by atoms with Gasteiger partial charge in [-0.1, -0.05) is 103 Å². The van der Waals surface area contributed by atoms with E-state index in [-0.39, 0.29) is 80.3 Å². The molecule has 8 fully saturated rings. The van der Waals surface area contributed by atoms with E-state index in [2.05, 4.69) is 163 Å². The Kier molecular flexibility index (Phi) is 31.6. The lowest BCUT2D eigenvalue weighted by atomic mass is 9.46. The highest BCUT2D eigenvalue weighted by atomic mass is 32.2. The monoisotopic (exact) mass is 1720 g/mol. The first-order chi connectivity index (χ1) is 56.1. The highest BCUT2D eigenvalue weighted by Crippen LogP contribution is 2.66. The molecule has 8 bridgehead atoms. The summed E-state index contributed by atoms with van der Waals surface area (Å²) < 4.78 is 114. The van der Waals surface area contributed by atoms with Crippen molar-refractivity contribution in [2.75, 3.05) is 5.75 Å². The van der Waals surface area contributed by atoms with Crippen LogP contribution < -0.4 is 9.47 Å². The number of esters is 6. The average Bonchev–Trinajstić information content (AvgIpc) is 1.55. The van der Waals surface area contributed by atoms with Gasteiger partial charge in [0.15, 0.2) is 14.3 Å². The number of hydrogen-bond acceptors (Lipinski definition) is 17. The molecule has 668 valence electrons. The van der Waals surface area contributed by atoms with Crippen molar-refractivity contribution in [3.05, 3.63) is 143 Å². The number of thiophene rings is 1. The Labute approximate surface area is 721 Å². The molecule has 22 heteroatoms. The zero-order valence-electron chi connectivity index (χ0n) is 76.4. The summed E-state index contributed by atoms with van der Waals surface area (Å²) in [5, 5.41) is 12.6. The first-order valence-electron chi connectivity index (χ1n) is 43.7. The summed E-state index contributed by atoms with van der Waals surface area (Å²) in [6, 6.07) is 38.6. The van der Waals surface area contributed by atoms with E-state index in [0.717, 1.165) is 65.9 Å². The third kappa shape index (κ3) is 23.8. The zero-order chi connectivity index (χ0) is 90.4. The lowest BCUT2D eigenvalue weighted by molar-refractivity contribution is -0.239. The molecule has 5 unspecified atom stereocenters. The smallest absolute Gasteiger partial charge is 0.426 e. The standard InChI is InChI=1S/C20H29F3O7S.C19H32O2.C18H13S.C15H22O3.C15H24O.C12H18O4/c1-4-17(2,3)15(24)30-19-8-12-5-13(9-19)7-18(6-12,11-19)16(25)29-14(20(21,22)23)10-31(26,27)28;1-6-17(2,3)16(20)21-18(4,5)19-10-13-7-14(11-19)9-15(8-13)12-19;1-2-8-14(9-3-1)19-17-12-6-4-10-15(17)16-11-5-7-13-18(16)19;1-7-15(5,6)14(17)18-12-8-9(2)13(16)11(4)10(12)3;1-6-12(3)13-8-10-14(11-9-13)16-15(4,5)7-2;1-6-12(4,5)11(14)16-9-7(2)8(3)15-10(9)13/h12-14H,4-11H2,1-3H3,(H,26,27,28);13-15H,6-12H2,1-5H3;1-13H;8,16H,7H2,1-6H3;8-12H,6-7H2,1-5H3;8H,6H2,1-5H3/q;;+1;;;/p-1. The fourth-order valence-corrected chi connectivity index (χ4v) is 21.0. The summed E-state index contributed by atoms with van der Waals surface area (Å²) in [4.78, 5) is 74.9. The van der Waals surface area contributed by atoms with Gasteiger partial charge in [0.1, 0.15) is 40.2 Å². The molecule has 5 atom stereocenters. The number of benzene rings is 5. The first-order valence-corrected chi connectivity index (χ1v) is 46.5. The van der Waals surface area contributed by atoms with Crippen LogP contribution in [0.2, 0.25) is 0 Å². The predicted octanol–water partition coefficient (Wildman–Crippen LogP) is 24.6. The van der Waals surface area contributed by atoms with E-state index >= 15 is 0 Å². The topological polar surface area (TPSA) is 244 Å². The predicted molar refractivity (Wildman–Crippen MR) is 471 cm³/mol. The number of carbonyl (C=O) groups is 6. The van der Waals surface area contributed by atoms with E-state index in [4.69, 9.17) is 28.4 Å². The lowest BCUT2D eigenvalue weighted by Gasteiger charge is -2.61. The van der Waals surface area contributed by atoms with Crippen LogP contribution in [-0.2, 0) is 62.6 Å². The molecule has 5 aromatic carbocycles. The van der Waals surface area contributed by atoms with Gasteiger partial charge >= 0.3 is 42.0 Å². The number of hydrogen-bond donors (Lipinski definition) is 1. The second kappa shape index (κ2) is 38.7. The molecule has 9 aliphatic rings. The number of alkyl halides is 3. The van der Waals surface area contributed by atoms with Gasteiger partial charge in [-0.25, -0.2) is 13.2 Å². The molecule has 0 saturated heterocycles. The van der Waals surface area contributed by atoms with Crippen molar-refractivity contribution in [3.8, 4) is 22.1 Å². The fraction of sp³-hybridized carbons (Fsp3) is 0.616. The van der Waals surface area contributed by atoms with Crippen molar-refractivity contribution in [1.29, 1.82) is 0 Å². The van der Waals surface area contributed by atoms with Gasteiger partial charge in [0.2, 0.25) is 11.9 Å². The van der Waals surface area contributed by atoms with E-state index in [1.165, 1.54) is 75.6 Å². The van der Waals surface area contributed by atoms with Crippen molar-refractivity contribution >= 4 is 76.6 Å². The van der Waals surface area contributed by atoms with Gasteiger partial charge in [0.25, 0.3) is 0 Å². The number of rotatable bonds is 23. The number of carbonyl (C=O) groups excluding carboxylic acids is 6. The number of halogens is 3. The van der Waals surface area contributed by atoms with Crippen LogP contribution in [0.4, 0.5) is 13.2 Å². The van der Waals surface area contributed by atoms with Crippen molar-refractivity contribution in [2.24, 2.45) is 62.1 Å². The van der Waals surface area contributed by atoms with Crippen LogP contribution in [0.15, 0.2) is 121 Å². The van der Waals surface area contributed by atoms with Crippen LogP contribution in [0, 0.1) is 82.9 Å². The third-order valence-corrected chi connectivity index (χ3v) is 30.8. The summed E-state index contributed by atoms with van der Waals surface area (Å²) in [5.41, 5.74) is -0.186. The fourth-order valence-electron chi connectivity index (χ4n) is 17.9. The molecule has 0 radical (unpaired) electrons. The van der Waals surface area contributed by atoms with Gasteiger partial charge in [-0.05, 0) is 339 Å². The Balaban J connectivity index is 0.000000184. The second-order valence-electron chi connectivity index (χ2n) is 39.4. The van der Waals surface area contributed by atoms with Gasteiger partial charge < -0.3 is 42.8 Å². The Bertz CT molecular complexity index is 4690. The summed E-state index contributed by atoms with van der Waals surface area (Å²) >= 11 is 0. The van der Waals surface area contributed by atoms with Gasteiger partial charge in [-0.2, -0.15) is 13.2 Å². The lowest BCUT2D eigenvalue weighted by Crippen LogP contribution is -2.61. The highest BCUT2D eigenvalue weighted by molar-refractivity contribution is 7.85. The van der Waals surface area contributed by atoms with E-state index in [9.17, 15) is 60.0 Å². The van der Waals surface area contributed by atoms with Gasteiger partial charge in [-0.15, -0.1) is 0 Å². The number of aromatic hydroxyl groups is 1. The molecule has 8 saturated carbocycles. The van der Waals surface area contributed by atoms with Crippen molar-refractivity contribution < 1.29 is 93.2 Å². The number of phenolic OH excluding ortho intramolecular Hbond substituents is 1. The van der Waals surface area contributed by atoms with Crippen molar-refractivity contribution in [2.45, 2.75) is 323 Å². The van der Waals surface area contributed by atoms with Gasteiger partial charge in [0, 0.05) is 38.7 Å². The Morgan fingerprint density at radius 3 is 1.49 bits per heavy atom. The number of fused-ring (bicyclic) bond motifs is 3. The minimum absolute atomic E-state index is 0.00100. The number of phenols is 1. The molecule has 8 aliphatic carbocycles. The maximum atomic E-state index is 13.3. The summed E-state index contributed by atoms with van der Waals surface area (Å²) in [5.74, 6) is 0.518. The van der Waals surface area contributed by atoms with E-state index in [1.807, 2.05) is 62.3 Å². The van der Waals surface area contributed by atoms with E-state index < -0.39 is 79.3 Å². The quantitative estimate of drug-likeness (QED) is 0.0206. The van der Waals surface area contributed by atoms with Crippen LogP contribution in [0.3, 0.4) is 0 Å². The summed E-state index contributed by atoms with van der Waals surface area (Å²) in [7, 11) is -5.21. The van der Waals surface area contributed by atoms with Crippen LogP contribution in [0.5, 0.6) is 17.2 Å². The van der Waals surface area contributed by atoms with E-state index in [0.29, 0.717) is 55.8 Å². The molecular weight excluding hydrogens is 1580 g/mol. The van der Waals surface area contributed by atoms with Gasteiger partial charge in [0.05, 0.1) is 42.9 Å². The normalized spacial score (nSPS) is 23.4. The zero-order valence-corrected chi connectivity index (χ0v) is 78.0. The second-order valence-corrected chi connectivity index (χ2v) is 42.8. The minimum atomic E-state index is -5.27. The largest absolute Gasteiger partial charge is 0.748 e. The first kappa shape index (κ1) is 98.6. The van der Waals surface area contributed by atoms with Crippen LogP contribution in [0.1, 0.15) is 289 Å². The van der Waals surface area contributed by atoms with Crippen LogP contribution >= 0.6 is 10.5 Å². The van der Waals surface area contributed by atoms with Crippen LogP contribution in [0.25, 0.3) is 25.1 Å².